The van der Waals surface area contributed by atoms with Gasteiger partial charge in [-0.05, 0) is 87.9 Å². The molecule has 0 aliphatic carbocycles. The lowest BCUT2D eigenvalue weighted by atomic mass is 10.1. The summed E-state index contributed by atoms with van der Waals surface area (Å²) in [4.78, 5) is 21.2. The molecule has 0 amide bonds. The quantitative estimate of drug-likeness (QED) is 0.0508. The van der Waals surface area contributed by atoms with E-state index in [2.05, 4.69) is 5.73 Å². The number of rotatable bonds is 17. The summed E-state index contributed by atoms with van der Waals surface area (Å²) in [5, 5.41) is 16.8. The first-order valence-electron chi connectivity index (χ1n) is 18.7. The van der Waals surface area contributed by atoms with Crippen molar-refractivity contribution in [2.45, 2.75) is 101 Å². The van der Waals surface area contributed by atoms with Crippen LogP contribution in [0.3, 0.4) is 0 Å². The maximum atomic E-state index is 11.3. The Bertz CT molecular complexity index is 1770. The lowest BCUT2D eigenvalue weighted by Crippen LogP contribution is -2.50. The number of carbonyl (C=O) groups excluding carboxylic acids is 1. The van der Waals surface area contributed by atoms with Crippen molar-refractivity contribution < 1.29 is 61.7 Å². The molecule has 0 radical (unpaired) electrons. The predicted octanol–water partition coefficient (Wildman–Crippen LogP) is 5.40. The maximum Gasteiger partial charge on any atom is 0.306 e. The molecule has 0 bridgehead atoms. The molecule has 4 aromatic carbocycles. The molecule has 0 atom stereocenters. The van der Waals surface area contributed by atoms with Crippen molar-refractivity contribution in [3.63, 3.8) is 0 Å². The highest BCUT2D eigenvalue weighted by Gasteiger charge is 2.07. The van der Waals surface area contributed by atoms with E-state index in [-0.39, 0.29) is 27.8 Å². The van der Waals surface area contributed by atoms with Crippen molar-refractivity contribution in [3.8, 4) is 0 Å². The van der Waals surface area contributed by atoms with Gasteiger partial charge in [0.25, 0.3) is 10.1 Å². The fourth-order valence-corrected chi connectivity index (χ4v) is 5.33. The molecule has 10 N–H and O–H groups in total. The van der Waals surface area contributed by atoms with Crippen molar-refractivity contribution in [1.29, 1.82) is 0 Å². The second-order valence-electron chi connectivity index (χ2n) is 12.7. The molecular weight excluding hydrogens is 789 g/mol. The Hall–Kier alpha value is -4.52. The number of carboxylic acids is 1. The number of esters is 1. The van der Waals surface area contributed by atoms with E-state index in [1.807, 2.05) is 74.5 Å². The van der Waals surface area contributed by atoms with Gasteiger partial charge < -0.3 is 36.4 Å². The molecule has 0 aliphatic heterocycles. The van der Waals surface area contributed by atoms with Gasteiger partial charge in [0, 0.05) is 12.8 Å². The number of carboxylic acid groups (broad SMARTS) is 1. The molecule has 58 heavy (non-hydrogen) atoms. The summed E-state index contributed by atoms with van der Waals surface area (Å²) in [6.07, 6.45) is 9.02. The van der Waals surface area contributed by atoms with Crippen LogP contribution in [0.25, 0.3) is 0 Å². The number of quaternary nitrogens is 1. The van der Waals surface area contributed by atoms with Crippen LogP contribution < -0.4 is 11.5 Å². The van der Waals surface area contributed by atoms with Gasteiger partial charge in [-0.25, -0.2) is 8.42 Å². The lowest BCUT2D eigenvalue weighted by Gasteiger charge is -2.05. The molecule has 0 aromatic heterocycles. The Labute approximate surface area is 344 Å². The summed E-state index contributed by atoms with van der Waals surface area (Å²) < 4.78 is 65.9. The zero-order valence-electron chi connectivity index (χ0n) is 33.5. The van der Waals surface area contributed by atoms with Gasteiger partial charge in [-0.15, -0.1) is 0 Å². The summed E-state index contributed by atoms with van der Waals surface area (Å²) in [7, 11) is -8.29. The van der Waals surface area contributed by atoms with Gasteiger partial charge in [-0.1, -0.05) is 115 Å². The largest absolute Gasteiger partial charge is 0.744 e. The molecule has 0 saturated carbocycles. The molecule has 16 heteroatoms. The molecule has 324 valence electrons. The number of aliphatic hydroxyl groups excluding tert-OH is 1. The average Bonchev–Trinajstić information content (AvgIpc) is 3.18. The highest BCUT2D eigenvalue weighted by atomic mass is 32.2. The van der Waals surface area contributed by atoms with Gasteiger partial charge in [0.2, 0.25) is 0 Å². The zero-order valence-corrected chi connectivity index (χ0v) is 35.1. The second kappa shape index (κ2) is 33.5. The summed E-state index contributed by atoms with van der Waals surface area (Å²) in [5.74, 6) is -0.795. The van der Waals surface area contributed by atoms with Gasteiger partial charge in [-0.2, -0.15) is 8.42 Å². The van der Waals surface area contributed by atoms with E-state index >= 15 is 0 Å². The minimum Gasteiger partial charge on any atom is -0.744 e. The SMILES string of the molecule is Cc1ccc(S(=O)(=O)O)cc1.Cc1ccc(S(=O)(=O)[O-])cc1.NCCCCCCCC(=O)O.O.OCc1ccccc1.[NH3+]CCCCCC(=O)OCc1ccccc1. The van der Waals surface area contributed by atoms with Crippen molar-refractivity contribution in [3.05, 3.63) is 131 Å². The molecule has 0 aliphatic rings. The van der Waals surface area contributed by atoms with Gasteiger partial charge in [0.1, 0.15) is 16.7 Å². The number of aliphatic hydroxyl groups is 1. The fourth-order valence-electron chi connectivity index (χ4n) is 4.38. The van der Waals surface area contributed by atoms with Crippen LogP contribution >= 0.6 is 0 Å². The van der Waals surface area contributed by atoms with Crippen LogP contribution in [0.1, 0.15) is 86.5 Å². The van der Waals surface area contributed by atoms with Crippen LogP contribution in [0, 0.1) is 13.8 Å². The van der Waals surface area contributed by atoms with Crippen molar-refractivity contribution in [2.24, 2.45) is 5.73 Å². The average molecular weight is 851 g/mol. The molecule has 0 unspecified atom stereocenters. The van der Waals surface area contributed by atoms with E-state index < -0.39 is 26.2 Å². The van der Waals surface area contributed by atoms with Gasteiger partial charge in [0.15, 0.2) is 0 Å². The van der Waals surface area contributed by atoms with Gasteiger partial charge in [-0.3, -0.25) is 14.1 Å². The Morgan fingerprint density at radius 3 is 1.50 bits per heavy atom. The van der Waals surface area contributed by atoms with E-state index in [9.17, 15) is 31.0 Å². The summed E-state index contributed by atoms with van der Waals surface area (Å²) >= 11 is 0. The molecule has 4 aromatic rings. The normalized spacial score (nSPS) is 10.3. The van der Waals surface area contributed by atoms with Crippen LogP contribution in [0.5, 0.6) is 0 Å². The van der Waals surface area contributed by atoms with E-state index in [4.69, 9.17) is 25.2 Å². The molecule has 0 spiro atoms. The Morgan fingerprint density at radius 1 is 0.655 bits per heavy atom. The van der Waals surface area contributed by atoms with Gasteiger partial charge >= 0.3 is 11.9 Å². The molecule has 0 saturated heterocycles. The first-order valence-corrected chi connectivity index (χ1v) is 21.5. The van der Waals surface area contributed by atoms with Crippen LogP contribution in [-0.2, 0) is 47.8 Å². The minimum atomic E-state index is -4.27. The van der Waals surface area contributed by atoms with E-state index in [1.165, 1.54) is 24.3 Å². The Balaban J connectivity index is 0. The smallest absolute Gasteiger partial charge is 0.306 e. The second-order valence-corrected chi connectivity index (χ2v) is 15.5. The van der Waals surface area contributed by atoms with Crippen LogP contribution in [0.2, 0.25) is 0 Å². The highest BCUT2D eigenvalue weighted by Crippen LogP contribution is 2.10. The van der Waals surface area contributed by atoms with E-state index in [1.54, 1.807) is 24.3 Å². The van der Waals surface area contributed by atoms with Crippen molar-refractivity contribution in [2.75, 3.05) is 13.1 Å². The standard InChI is InChI=1S/C13H19NO2.C8H17NO2.2C7H8O3S.C7H8O.H2O/c14-10-6-2-5-9-13(15)16-11-12-7-3-1-4-8-12;9-7-5-3-1-2-4-6-8(10)11;2*1-6-2-4-7(5-3-6)11(8,9)10;8-6-7-4-2-1-3-5-7;/h1,3-4,7-8H,2,5-6,9-11,14H2;1-7,9H2,(H,10,11);2*2-5H,1H3,(H,8,9,10);1-5,8H,6H2;1H2. The number of carbonyl (C=O) groups is 2. The third-order valence-corrected chi connectivity index (χ3v) is 9.34. The summed E-state index contributed by atoms with van der Waals surface area (Å²) in [6, 6.07) is 31.0. The molecule has 0 fully saturated rings. The van der Waals surface area contributed by atoms with E-state index in [0.29, 0.717) is 19.4 Å². The number of aliphatic carboxylic acids is 1. The number of benzene rings is 4. The van der Waals surface area contributed by atoms with Crippen LogP contribution in [-0.4, -0.2) is 66.7 Å². The lowest BCUT2D eigenvalue weighted by molar-refractivity contribution is -0.368. The summed E-state index contributed by atoms with van der Waals surface area (Å²) in [6.45, 7) is 5.88. The number of hydrogen-bond donors (Lipinski definition) is 5. The number of ether oxygens (including phenoxy) is 1. The van der Waals surface area contributed by atoms with Crippen LogP contribution in [0.15, 0.2) is 119 Å². The molecule has 4 rings (SSSR count). The number of hydrogen-bond acceptors (Lipinski definition) is 10. The van der Waals surface area contributed by atoms with Gasteiger partial charge in [0.05, 0.1) is 22.9 Å². The summed E-state index contributed by atoms with van der Waals surface area (Å²) in [5.41, 5.74) is 12.9. The zero-order chi connectivity index (χ0) is 43.0. The molecule has 14 nitrogen and oxygen atoms in total. The molecule has 0 heterocycles. The monoisotopic (exact) mass is 850 g/mol. The topological polar surface area (TPSA) is 281 Å². The van der Waals surface area contributed by atoms with Crippen LogP contribution in [0.4, 0.5) is 0 Å². The third-order valence-electron chi connectivity index (χ3n) is 7.62. The fraction of sp³-hybridized carbons (Fsp3) is 0.381. The Morgan fingerprint density at radius 2 is 1.09 bits per heavy atom. The van der Waals surface area contributed by atoms with Crippen molar-refractivity contribution >= 4 is 32.2 Å². The maximum absolute atomic E-state index is 11.3. The predicted molar refractivity (Wildman–Crippen MR) is 223 cm³/mol. The number of nitrogens with two attached hydrogens (primary N) is 1. The number of aryl methyl sites for hydroxylation is 2. The van der Waals surface area contributed by atoms with E-state index in [0.717, 1.165) is 86.7 Å². The van der Waals surface area contributed by atoms with Crippen molar-refractivity contribution in [1.82, 2.24) is 0 Å². The number of unbranched alkanes of at least 4 members (excludes halogenated alkanes) is 6. The minimum absolute atomic E-state index is 0. The first kappa shape index (κ1) is 55.6. The third kappa shape index (κ3) is 31.6. The Kier molecular flexibility index (Phi) is 32.1. The first-order chi connectivity index (χ1) is 27.0. The molecular formula is C42H62N2O12S2. The highest BCUT2D eigenvalue weighted by molar-refractivity contribution is 7.86.